The van der Waals surface area contributed by atoms with Gasteiger partial charge in [0.1, 0.15) is 59.8 Å². The molecule has 392 valence electrons. The molecular weight excluding hydrogens is 1000 g/mol. The van der Waals surface area contributed by atoms with E-state index in [0.29, 0.717) is 48.1 Å². The third kappa shape index (κ3) is 10.2. The number of ether oxygens (including phenoxy) is 5. The number of fused-ring (bicyclic) bond motifs is 1. The van der Waals surface area contributed by atoms with Crippen LogP contribution in [0.5, 0.6) is 29.0 Å². The van der Waals surface area contributed by atoms with E-state index in [0.717, 1.165) is 16.7 Å². The average molecular weight is 1060 g/mol. The Labute approximate surface area is 433 Å². The number of hydrogen-bond acceptors (Lipinski definition) is 14. The quantitative estimate of drug-likeness (QED) is 0.0868. The summed E-state index contributed by atoms with van der Waals surface area (Å²) < 4.78 is 123. The summed E-state index contributed by atoms with van der Waals surface area (Å²) in [7, 11) is 4.66. The average Bonchev–Trinajstić information content (AvgIpc) is 3.49. The topological polar surface area (TPSA) is 132 Å². The summed E-state index contributed by atoms with van der Waals surface area (Å²) >= 11 is 7.24. The van der Waals surface area contributed by atoms with Crippen molar-refractivity contribution in [2.24, 2.45) is 0 Å². The van der Waals surface area contributed by atoms with E-state index < -0.39 is 75.8 Å². The Morgan fingerprint density at radius 2 is 1.49 bits per heavy atom. The number of methoxy groups -OCH3 is 3. The van der Waals surface area contributed by atoms with Crippen LogP contribution in [0.2, 0.25) is 5.02 Å². The summed E-state index contributed by atoms with van der Waals surface area (Å²) in [4.78, 5) is 28.1. The van der Waals surface area contributed by atoms with Crippen LogP contribution in [-0.2, 0) is 25.8 Å². The molecule has 3 aliphatic heterocycles. The monoisotopic (exact) mass is 1060 g/mol. The predicted molar refractivity (Wildman–Crippen MR) is 271 cm³/mol. The number of halogens is 7. The molecule has 0 radical (unpaired) electrons. The highest BCUT2D eigenvalue weighted by Crippen LogP contribution is 2.52. The van der Waals surface area contributed by atoms with Gasteiger partial charge in [0.25, 0.3) is 5.92 Å². The van der Waals surface area contributed by atoms with Crippen LogP contribution in [0.4, 0.5) is 43.8 Å². The fourth-order valence-electron chi connectivity index (χ4n) is 10.2. The van der Waals surface area contributed by atoms with Gasteiger partial charge in [0.05, 0.1) is 73.2 Å². The Hall–Kier alpha value is -7.32. The maximum absolute atomic E-state index is 18.2. The Bertz CT molecular complexity index is 3180. The molecule has 3 aromatic heterocycles. The van der Waals surface area contributed by atoms with Gasteiger partial charge in [0.2, 0.25) is 0 Å². The second-order valence-electron chi connectivity index (χ2n) is 18.9. The minimum Gasteiger partial charge on any atom is -0.497 e. The van der Waals surface area contributed by atoms with Crippen molar-refractivity contribution in [3.8, 4) is 40.3 Å². The molecule has 10 rings (SSSR count). The van der Waals surface area contributed by atoms with Crippen LogP contribution in [0.3, 0.4) is 0 Å². The first kappa shape index (κ1) is 51.2. The number of anilines is 3. The fraction of sp³-hybridized carbons (Fsp3) is 0.352. The SMILES string of the molecule is COc1ccc(CNc2ncncc2[C@@H](C)N2CCOc3c(Cl)c(-c4nc(N(Cc5ccc(OC)cc5)Cc5ccc(OC)cc5)cc(C)c4C(F)(F)F)c(F)c4nc(OCC56CCN5CC(F)(F)C6)nc2c34)cc1. The van der Waals surface area contributed by atoms with E-state index in [1.54, 1.807) is 52.3 Å². The molecule has 3 aliphatic rings. The normalized spacial score (nSPS) is 17.4. The van der Waals surface area contributed by atoms with E-state index in [2.05, 4.69) is 25.3 Å². The summed E-state index contributed by atoms with van der Waals surface area (Å²) in [6.07, 6.45) is -2.09. The number of hydrogen-bond donors (Lipinski definition) is 1. The van der Waals surface area contributed by atoms with Gasteiger partial charge in [0, 0.05) is 44.4 Å². The zero-order valence-electron chi connectivity index (χ0n) is 41.6. The number of benzene rings is 4. The lowest BCUT2D eigenvalue weighted by molar-refractivity contribution is -0.137. The molecule has 2 saturated heterocycles. The lowest BCUT2D eigenvalue weighted by atomic mass is 9.85. The molecule has 2 fully saturated rings. The van der Waals surface area contributed by atoms with Gasteiger partial charge in [0.15, 0.2) is 11.6 Å². The van der Waals surface area contributed by atoms with Gasteiger partial charge in [-0.15, -0.1) is 0 Å². The summed E-state index contributed by atoms with van der Waals surface area (Å²) in [5, 5.41) is 2.82. The van der Waals surface area contributed by atoms with Crippen molar-refractivity contribution in [3.63, 3.8) is 0 Å². The van der Waals surface area contributed by atoms with Crippen LogP contribution < -0.4 is 38.8 Å². The van der Waals surface area contributed by atoms with Gasteiger partial charge in [-0.05, 0) is 85.0 Å². The van der Waals surface area contributed by atoms with Crippen molar-refractivity contribution in [1.29, 1.82) is 0 Å². The second kappa shape index (κ2) is 20.4. The Morgan fingerprint density at radius 3 is 2.07 bits per heavy atom. The van der Waals surface area contributed by atoms with Crippen LogP contribution in [0.25, 0.3) is 22.2 Å². The standard InChI is InChI=1S/C54H52ClF6N9O5/c1-31-22-40(68(25-34-8-14-37(72-4)15-9-34)26-35-10-16-38(73-5)17-11-35)65-46(43(31)54(59,60)61)41-44(55)48-42-47(45(41)56)66-51(75-29-52-18-19-69(52)28-53(57,58)27-52)67-50(42)70(20-21-74-48)32(2)39-24-62-30-64-49(39)63-23-33-6-12-36(71-3)13-7-33/h6-17,22,24,30,32H,18-21,23,25-29H2,1-5H3,(H,62,63,64)/t32-,52?/m1/s1. The van der Waals surface area contributed by atoms with Gasteiger partial charge in [-0.1, -0.05) is 48.0 Å². The lowest BCUT2D eigenvalue weighted by Crippen LogP contribution is -2.59. The van der Waals surface area contributed by atoms with Crippen LogP contribution in [0.1, 0.15) is 59.2 Å². The molecule has 0 spiro atoms. The molecule has 2 atom stereocenters. The van der Waals surface area contributed by atoms with Crippen LogP contribution >= 0.6 is 11.6 Å². The lowest BCUT2D eigenvalue weighted by Gasteiger charge is -2.46. The number of pyridine rings is 1. The van der Waals surface area contributed by atoms with Crippen molar-refractivity contribution in [3.05, 3.63) is 136 Å². The fourth-order valence-corrected chi connectivity index (χ4v) is 10.5. The minimum atomic E-state index is -5.06. The molecule has 0 aliphatic carbocycles. The third-order valence-electron chi connectivity index (χ3n) is 14.2. The minimum absolute atomic E-state index is 0.0551. The second-order valence-corrected chi connectivity index (χ2v) is 19.3. The van der Waals surface area contributed by atoms with Gasteiger partial charge in [-0.3, -0.25) is 4.90 Å². The van der Waals surface area contributed by atoms with Crippen LogP contribution in [0.15, 0.2) is 91.4 Å². The summed E-state index contributed by atoms with van der Waals surface area (Å²) in [6, 6.07) is 22.2. The van der Waals surface area contributed by atoms with Crippen molar-refractivity contribution in [1.82, 2.24) is 29.8 Å². The molecule has 4 aromatic carbocycles. The Morgan fingerprint density at radius 1 is 0.867 bits per heavy atom. The smallest absolute Gasteiger partial charge is 0.418 e. The first-order valence-electron chi connectivity index (χ1n) is 24.1. The molecule has 7 aromatic rings. The third-order valence-corrected chi connectivity index (χ3v) is 14.5. The molecule has 0 bridgehead atoms. The first-order valence-corrected chi connectivity index (χ1v) is 24.5. The van der Waals surface area contributed by atoms with E-state index in [1.807, 2.05) is 55.5 Å². The molecule has 75 heavy (non-hydrogen) atoms. The highest BCUT2D eigenvalue weighted by atomic mass is 35.5. The molecule has 0 amide bonds. The number of aromatic nitrogens is 5. The Balaban J connectivity index is 1.12. The molecule has 1 unspecified atom stereocenters. The maximum Gasteiger partial charge on any atom is 0.418 e. The molecule has 6 heterocycles. The van der Waals surface area contributed by atoms with Crippen molar-refractivity contribution >= 4 is 40.0 Å². The van der Waals surface area contributed by atoms with E-state index in [-0.39, 0.29) is 61.2 Å². The summed E-state index contributed by atoms with van der Waals surface area (Å²) in [5.74, 6) is -1.90. The Kier molecular flexibility index (Phi) is 13.9. The predicted octanol–water partition coefficient (Wildman–Crippen LogP) is 11.3. The highest BCUT2D eigenvalue weighted by Gasteiger charge is 2.60. The van der Waals surface area contributed by atoms with E-state index in [1.165, 1.54) is 33.5 Å². The van der Waals surface area contributed by atoms with Crippen LogP contribution in [-0.4, -0.2) is 95.5 Å². The molecular formula is C54H52ClF6N9O5. The van der Waals surface area contributed by atoms with Crippen molar-refractivity contribution in [2.45, 2.75) is 70.0 Å². The van der Waals surface area contributed by atoms with Crippen LogP contribution in [0, 0.1) is 12.7 Å². The zero-order chi connectivity index (χ0) is 52.8. The number of nitrogens with one attached hydrogen (secondary N) is 1. The van der Waals surface area contributed by atoms with Gasteiger partial charge >= 0.3 is 12.2 Å². The highest BCUT2D eigenvalue weighted by molar-refractivity contribution is 6.36. The molecule has 14 nitrogen and oxygen atoms in total. The van der Waals surface area contributed by atoms with Gasteiger partial charge in [-0.25, -0.2) is 28.1 Å². The number of aryl methyl sites for hydroxylation is 1. The maximum atomic E-state index is 18.2. The number of alkyl halides is 5. The largest absolute Gasteiger partial charge is 0.497 e. The van der Waals surface area contributed by atoms with Crippen molar-refractivity contribution < 1.29 is 50.0 Å². The van der Waals surface area contributed by atoms with E-state index >= 15 is 17.6 Å². The molecule has 1 N–H and O–H groups in total. The molecule has 21 heteroatoms. The zero-order valence-corrected chi connectivity index (χ0v) is 42.3. The van der Waals surface area contributed by atoms with Gasteiger partial charge < -0.3 is 38.8 Å². The number of rotatable bonds is 17. The van der Waals surface area contributed by atoms with Gasteiger partial charge in [-0.2, -0.15) is 23.1 Å². The molecule has 0 saturated carbocycles. The van der Waals surface area contributed by atoms with Crippen molar-refractivity contribution in [2.75, 3.05) is 69.3 Å². The van der Waals surface area contributed by atoms with E-state index in [9.17, 15) is 8.78 Å². The summed E-state index contributed by atoms with van der Waals surface area (Å²) in [5.41, 5.74) is -1.45. The number of nitrogens with zero attached hydrogens (tertiary/aromatic N) is 8. The van der Waals surface area contributed by atoms with E-state index in [4.69, 9.17) is 40.3 Å². The first-order chi connectivity index (χ1) is 36.0. The summed E-state index contributed by atoms with van der Waals surface area (Å²) in [6.45, 7) is 3.54.